The number of hydrogen-bond acceptors (Lipinski definition) is 2. The predicted molar refractivity (Wildman–Crippen MR) is 141 cm³/mol. The van der Waals surface area contributed by atoms with Crippen LogP contribution in [0.15, 0.2) is 30.6 Å². The first kappa shape index (κ1) is 28.1. The van der Waals surface area contributed by atoms with Gasteiger partial charge in [0, 0.05) is 18.0 Å². The third-order valence-corrected chi connectivity index (χ3v) is 6.40. The van der Waals surface area contributed by atoms with Crippen LogP contribution in [-0.2, 0) is 6.42 Å². The Kier molecular flexibility index (Phi) is 14.4. The zero-order valence-corrected chi connectivity index (χ0v) is 21.4. The number of allylic oxidation sites excluding steroid dienone is 1. The van der Waals surface area contributed by atoms with E-state index >= 15 is 0 Å². The van der Waals surface area contributed by atoms with Crippen LogP contribution in [0.4, 0.5) is 8.78 Å². The molecule has 0 aliphatic rings. The molecule has 0 atom stereocenters. The highest BCUT2D eigenvalue weighted by molar-refractivity contribution is 5.61. The van der Waals surface area contributed by atoms with E-state index in [1.54, 1.807) is 30.6 Å². The Morgan fingerprint density at radius 2 is 1.24 bits per heavy atom. The Bertz CT molecular complexity index is 830. The fourth-order valence-corrected chi connectivity index (χ4v) is 4.20. The summed E-state index contributed by atoms with van der Waals surface area (Å²) in [7, 11) is 0. The summed E-state index contributed by atoms with van der Waals surface area (Å²) in [6.45, 7) is 4.45. The van der Waals surface area contributed by atoms with Gasteiger partial charge >= 0.3 is 0 Å². The van der Waals surface area contributed by atoms with Crippen molar-refractivity contribution < 1.29 is 8.78 Å². The van der Waals surface area contributed by atoms with Crippen molar-refractivity contribution in [2.45, 2.75) is 117 Å². The molecule has 2 aromatic rings. The van der Waals surface area contributed by atoms with Crippen molar-refractivity contribution in [1.29, 1.82) is 0 Å². The largest absolute Gasteiger partial charge is 0.236 e. The molecule has 0 unspecified atom stereocenters. The van der Waals surface area contributed by atoms with Gasteiger partial charge in [-0.15, -0.1) is 0 Å². The highest BCUT2D eigenvalue weighted by Gasteiger charge is 2.15. The molecule has 0 radical (unpaired) electrons. The van der Waals surface area contributed by atoms with Gasteiger partial charge in [0.25, 0.3) is 0 Å². The van der Waals surface area contributed by atoms with Crippen molar-refractivity contribution in [1.82, 2.24) is 9.97 Å². The summed E-state index contributed by atoms with van der Waals surface area (Å²) in [6.07, 6.45) is 26.5. The Morgan fingerprint density at radius 1 is 0.676 bits per heavy atom. The van der Waals surface area contributed by atoms with Gasteiger partial charge in [-0.05, 0) is 37.3 Å². The number of halogens is 2. The summed E-state index contributed by atoms with van der Waals surface area (Å²) in [5.41, 5.74) is 1.44. The highest BCUT2D eigenvalue weighted by atomic mass is 19.2. The van der Waals surface area contributed by atoms with E-state index < -0.39 is 11.6 Å². The maximum absolute atomic E-state index is 14.7. The van der Waals surface area contributed by atoms with Crippen LogP contribution in [0.5, 0.6) is 0 Å². The number of aryl methyl sites for hydroxylation is 1. The molecule has 0 saturated heterocycles. The first-order valence-corrected chi connectivity index (χ1v) is 13.6. The van der Waals surface area contributed by atoms with Crippen molar-refractivity contribution in [2.24, 2.45) is 0 Å². The minimum absolute atomic E-state index is 0.115. The summed E-state index contributed by atoms with van der Waals surface area (Å²) in [4.78, 5) is 8.62. The van der Waals surface area contributed by atoms with Gasteiger partial charge in [-0.3, -0.25) is 0 Å². The van der Waals surface area contributed by atoms with Crippen LogP contribution in [0, 0.1) is 11.6 Å². The first-order chi connectivity index (χ1) is 16.7. The minimum Gasteiger partial charge on any atom is -0.236 e. The molecule has 0 aliphatic heterocycles. The van der Waals surface area contributed by atoms with Gasteiger partial charge < -0.3 is 0 Å². The molecule has 2 rings (SSSR count). The standard InChI is InChI=1S/C30H44F2N2/c1-3-5-7-9-11-13-15-17-19-25-23-33-30(34-24-25)27-22-21-26(28(31)29(27)32)20-18-16-14-12-10-8-6-4-2/h18,20-24H,3-17,19H2,1-2H3/b20-18+. The van der Waals surface area contributed by atoms with Crippen molar-refractivity contribution >= 4 is 6.08 Å². The molecule has 188 valence electrons. The summed E-state index contributed by atoms with van der Waals surface area (Å²) >= 11 is 0. The second-order valence-electron chi connectivity index (χ2n) is 9.43. The number of rotatable bonds is 18. The SMILES string of the molecule is CCCCCCCC/C=C/c1ccc(-c2ncc(CCCCCCCCCC)cn2)c(F)c1F. The second kappa shape index (κ2) is 17.4. The lowest BCUT2D eigenvalue weighted by molar-refractivity contribution is 0.509. The average Bonchev–Trinajstić information content (AvgIpc) is 2.85. The quantitative estimate of drug-likeness (QED) is 0.203. The van der Waals surface area contributed by atoms with Crippen molar-refractivity contribution in [3.63, 3.8) is 0 Å². The zero-order chi connectivity index (χ0) is 24.4. The van der Waals surface area contributed by atoms with Crippen LogP contribution in [0.25, 0.3) is 17.5 Å². The molecule has 1 aromatic carbocycles. The number of benzene rings is 1. The van der Waals surface area contributed by atoms with Gasteiger partial charge in [0.05, 0.1) is 5.56 Å². The summed E-state index contributed by atoms with van der Waals surface area (Å²) in [6, 6.07) is 3.19. The van der Waals surface area contributed by atoms with E-state index in [1.165, 1.54) is 77.0 Å². The minimum atomic E-state index is -0.877. The molecular weight excluding hydrogens is 426 g/mol. The second-order valence-corrected chi connectivity index (χ2v) is 9.43. The fourth-order valence-electron chi connectivity index (χ4n) is 4.20. The lowest BCUT2D eigenvalue weighted by atomic mass is 10.1. The van der Waals surface area contributed by atoms with Gasteiger partial charge in [-0.25, -0.2) is 18.7 Å². The maximum atomic E-state index is 14.7. The Hall–Kier alpha value is -2.10. The smallest absolute Gasteiger partial charge is 0.170 e. The van der Waals surface area contributed by atoms with Crippen LogP contribution >= 0.6 is 0 Å². The van der Waals surface area contributed by atoms with Crippen LogP contribution in [-0.4, -0.2) is 9.97 Å². The normalized spacial score (nSPS) is 11.5. The van der Waals surface area contributed by atoms with Gasteiger partial charge in [0.2, 0.25) is 0 Å². The third kappa shape index (κ3) is 10.4. The Labute approximate surface area is 206 Å². The van der Waals surface area contributed by atoms with Gasteiger partial charge in [-0.2, -0.15) is 0 Å². The number of hydrogen-bond donors (Lipinski definition) is 0. The van der Waals surface area contributed by atoms with Crippen molar-refractivity contribution in [3.8, 4) is 11.4 Å². The molecule has 0 spiro atoms. The zero-order valence-electron chi connectivity index (χ0n) is 21.4. The number of nitrogens with zero attached hydrogens (tertiary/aromatic N) is 2. The molecular formula is C30H44F2N2. The van der Waals surface area contributed by atoms with E-state index in [4.69, 9.17) is 0 Å². The van der Waals surface area contributed by atoms with Gasteiger partial charge in [0.1, 0.15) is 0 Å². The molecule has 4 heteroatoms. The Morgan fingerprint density at radius 3 is 1.85 bits per heavy atom. The summed E-state index contributed by atoms with van der Waals surface area (Å²) in [5, 5.41) is 0. The molecule has 0 amide bonds. The first-order valence-electron chi connectivity index (χ1n) is 13.6. The van der Waals surface area contributed by atoms with E-state index in [1.807, 2.05) is 6.08 Å². The van der Waals surface area contributed by atoms with Crippen LogP contribution in [0.1, 0.15) is 121 Å². The maximum Gasteiger partial charge on any atom is 0.170 e. The molecule has 0 fully saturated rings. The van der Waals surface area contributed by atoms with E-state index in [0.717, 1.165) is 31.2 Å². The van der Waals surface area contributed by atoms with Crippen LogP contribution in [0.2, 0.25) is 0 Å². The molecule has 0 bridgehead atoms. The van der Waals surface area contributed by atoms with Gasteiger partial charge in [0.15, 0.2) is 17.5 Å². The topological polar surface area (TPSA) is 25.8 Å². The highest BCUT2D eigenvalue weighted by Crippen LogP contribution is 2.25. The number of aromatic nitrogens is 2. The molecule has 1 aromatic heterocycles. The van der Waals surface area contributed by atoms with Crippen LogP contribution < -0.4 is 0 Å². The van der Waals surface area contributed by atoms with E-state index in [2.05, 4.69) is 23.8 Å². The lowest BCUT2D eigenvalue weighted by Gasteiger charge is -2.07. The van der Waals surface area contributed by atoms with Gasteiger partial charge in [-0.1, -0.05) is 109 Å². The molecule has 34 heavy (non-hydrogen) atoms. The summed E-state index contributed by atoms with van der Waals surface area (Å²) in [5.74, 6) is -1.47. The summed E-state index contributed by atoms with van der Waals surface area (Å²) < 4.78 is 29.3. The molecule has 2 nitrogen and oxygen atoms in total. The number of unbranched alkanes of at least 4 members (excludes halogenated alkanes) is 13. The third-order valence-electron chi connectivity index (χ3n) is 6.40. The molecule has 0 N–H and O–H groups in total. The average molecular weight is 471 g/mol. The van der Waals surface area contributed by atoms with Crippen LogP contribution in [0.3, 0.4) is 0 Å². The van der Waals surface area contributed by atoms with E-state index in [9.17, 15) is 8.78 Å². The molecule has 0 aliphatic carbocycles. The lowest BCUT2D eigenvalue weighted by Crippen LogP contribution is -1.98. The molecule has 1 heterocycles. The van der Waals surface area contributed by atoms with Crippen molar-refractivity contribution in [2.75, 3.05) is 0 Å². The fraction of sp³-hybridized carbons (Fsp3) is 0.600. The van der Waals surface area contributed by atoms with E-state index in [-0.39, 0.29) is 17.0 Å². The van der Waals surface area contributed by atoms with E-state index in [0.29, 0.717) is 0 Å². The van der Waals surface area contributed by atoms with Crippen molar-refractivity contribution in [3.05, 3.63) is 53.4 Å². The predicted octanol–water partition coefficient (Wildman–Crippen LogP) is 9.87. The Balaban J connectivity index is 1.79. The molecule has 0 saturated carbocycles. The monoisotopic (exact) mass is 470 g/mol.